The second-order valence-corrected chi connectivity index (χ2v) is 3.24. The Morgan fingerprint density at radius 3 is 2.17 bits per heavy atom. The fourth-order valence-corrected chi connectivity index (χ4v) is 1.05. The van der Waals surface area contributed by atoms with Crippen molar-refractivity contribution >= 4 is 0 Å². The molecule has 1 heterocycles. The molecule has 1 unspecified atom stereocenters. The topological polar surface area (TPSA) is 21.3 Å². The van der Waals surface area contributed by atoms with Crippen molar-refractivity contribution in [2.24, 2.45) is 0 Å². The van der Waals surface area contributed by atoms with Crippen molar-refractivity contribution in [2.75, 3.05) is 19.7 Å². The molecular formula is C10H23NO. The number of unbranched alkanes of at least 4 members (excludes halogenated alkanes) is 2. The summed E-state index contributed by atoms with van der Waals surface area (Å²) in [6, 6.07) is 0. The third-order valence-electron chi connectivity index (χ3n) is 1.82. The minimum Gasteiger partial charge on any atom is -0.376 e. The van der Waals surface area contributed by atoms with Gasteiger partial charge in [0.25, 0.3) is 0 Å². The molecule has 2 heteroatoms. The van der Waals surface area contributed by atoms with Crippen molar-refractivity contribution in [2.45, 2.75) is 46.1 Å². The van der Waals surface area contributed by atoms with Crippen LogP contribution >= 0.6 is 0 Å². The van der Waals surface area contributed by atoms with E-state index in [1.165, 1.54) is 19.3 Å². The molecule has 74 valence electrons. The molecule has 1 saturated heterocycles. The van der Waals surface area contributed by atoms with Crippen LogP contribution in [-0.4, -0.2) is 25.8 Å². The Kier molecular flexibility index (Phi) is 8.95. The summed E-state index contributed by atoms with van der Waals surface area (Å²) >= 11 is 0. The maximum absolute atomic E-state index is 5.22. The molecule has 0 aliphatic carbocycles. The Hall–Kier alpha value is -0.0800. The predicted molar refractivity (Wildman–Crippen MR) is 53.5 cm³/mol. The average Bonchev–Trinajstić information content (AvgIpc) is 2.08. The molecule has 12 heavy (non-hydrogen) atoms. The first kappa shape index (κ1) is 11.9. The summed E-state index contributed by atoms with van der Waals surface area (Å²) in [6.07, 6.45) is 4.50. The summed E-state index contributed by atoms with van der Waals surface area (Å²) in [7, 11) is 0. The highest BCUT2D eigenvalue weighted by Crippen LogP contribution is 1.91. The van der Waals surface area contributed by atoms with E-state index in [4.69, 9.17) is 4.74 Å². The van der Waals surface area contributed by atoms with Crippen molar-refractivity contribution in [3.63, 3.8) is 0 Å². The van der Waals surface area contributed by atoms with E-state index in [2.05, 4.69) is 26.1 Å². The molecule has 0 aromatic carbocycles. The van der Waals surface area contributed by atoms with Gasteiger partial charge >= 0.3 is 0 Å². The summed E-state index contributed by atoms with van der Waals surface area (Å²) in [5, 5.41) is 3.21. The van der Waals surface area contributed by atoms with Gasteiger partial charge in [-0.3, -0.25) is 0 Å². The molecule has 0 amide bonds. The van der Waals surface area contributed by atoms with E-state index < -0.39 is 0 Å². The summed E-state index contributed by atoms with van der Waals surface area (Å²) in [6.45, 7) is 9.41. The zero-order valence-electron chi connectivity index (χ0n) is 8.73. The highest BCUT2D eigenvalue weighted by molar-refractivity contribution is 4.59. The Labute approximate surface area is 76.7 Å². The molecule has 0 radical (unpaired) electrons. The van der Waals surface area contributed by atoms with E-state index in [9.17, 15) is 0 Å². The van der Waals surface area contributed by atoms with Gasteiger partial charge in [0.05, 0.1) is 12.7 Å². The molecule has 0 aromatic heterocycles. The van der Waals surface area contributed by atoms with Gasteiger partial charge in [0.15, 0.2) is 0 Å². The lowest BCUT2D eigenvalue weighted by Gasteiger charge is -2.18. The fraction of sp³-hybridized carbons (Fsp3) is 1.00. The average molecular weight is 173 g/mol. The first-order valence-corrected chi connectivity index (χ1v) is 5.13. The van der Waals surface area contributed by atoms with Crippen molar-refractivity contribution in [3.8, 4) is 0 Å². The van der Waals surface area contributed by atoms with Crippen molar-refractivity contribution in [1.82, 2.24) is 5.32 Å². The van der Waals surface area contributed by atoms with Crippen LogP contribution in [0.5, 0.6) is 0 Å². The number of rotatable bonds is 2. The summed E-state index contributed by atoms with van der Waals surface area (Å²) in [4.78, 5) is 0. The van der Waals surface area contributed by atoms with E-state index in [0.29, 0.717) is 6.10 Å². The van der Waals surface area contributed by atoms with Crippen LogP contribution < -0.4 is 5.32 Å². The Morgan fingerprint density at radius 2 is 2.00 bits per heavy atom. The van der Waals surface area contributed by atoms with Crippen LogP contribution in [0.3, 0.4) is 0 Å². The molecule has 1 aliphatic rings. The van der Waals surface area contributed by atoms with E-state index in [0.717, 1.165) is 19.7 Å². The van der Waals surface area contributed by atoms with Gasteiger partial charge < -0.3 is 10.1 Å². The molecular weight excluding hydrogens is 150 g/mol. The normalized spacial score (nSPS) is 22.8. The van der Waals surface area contributed by atoms with Gasteiger partial charge in [0.1, 0.15) is 0 Å². The van der Waals surface area contributed by atoms with Crippen LogP contribution in [0, 0.1) is 0 Å². The van der Waals surface area contributed by atoms with Gasteiger partial charge in [-0.25, -0.2) is 0 Å². The third-order valence-corrected chi connectivity index (χ3v) is 1.82. The third kappa shape index (κ3) is 8.02. The smallest absolute Gasteiger partial charge is 0.0672 e. The number of ether oxygens (including phenoxy) is 1. The Bertz CT molecular complexity index is 77.9. The minimum atomic E-state index is 0.425. The highest BCUT2D eigenvalue weighted by Gasteiger charge is 2.04. The van der Waals surface area contributed by atoms with Gasteiger partial charge in [0.2, 0.25) is 0 Å². The van der Waals surface area contributed by atoms with Gasteiger partial charge in [0, 0.05) is 13.1 Å². The number of hydrogen-bond donors (Lipinski definition) is 1. The van der Waals surface area contributed by atoms with Crippen LogP contribution in [0.4, 0.5) is 0 Å². The highest BCUT2D eigenvalue weighted by atomic mass is 16.5. The Morgan fingerprint density at radius 1 is 1.33 bits per heavy atom. The van der Waals surface area contributed by atoms with Gasteiger partial charge in [-0.1, -0.05) is 33.1 Å². The van der Waals surface area contributed by atoms with Crippen molar-refractivity contribution < 1.29 is 4.74 Å². The first-order valence-electron chi connectivity index (χ1n) is 5.13. The molecule has 2 nitrogen and oxygen atoms in total. The van der Waals surface area contributed by atoms with Crippen molar-refractivity contribution in [1.29, 1.82) is 0 Å². The van der Waals surface area contributed by atoms with Crippen LogP contribution in [0.25, 0.3) is 0 Å². The lowest BCUT2D eigenvalue weighted by Crippen LogP contribution is -2.36. The van der Waals surface area contributed by atoms with Crippen LogP contribution in [0.1, 0.15) is 40.0 Å². The lowest BCUT2D eigenvalue weighted by atomic mass is 10.3. The largest absolute Gasteiger partial charge is 0.376 e. The zero-order valence-corrected chi connectivity index (χ0v) is 8.73. The standard InChI is InChI=1S/C5H11NO.C5H12/c1-5-4-6-2-3-7-5;1-3-5-4-2/h5-6H,2-4H2,1H3;3-5H2,1-2H3. The number of nitrogens with one attached hydrogen (secondary N) is 1. The number of hydrogen-bond acceptors (Lipinski definition) is 2. The van der Waals surface area contributed by atoms with Crippen LogP contribution in [-0.2, 0) is 4.74 Å². The Balaban J connectivity index is 0.000000217. The quantitative estimate of drug-likeness (QED) is 0.691. The van der Waals surface area contributed by atoms with Gasteiger partial charge in [-0.15, -0.1) is 0 Å². The van der Waals surface area contributed by atoms with E-state index >= 15 is 0 Å². The lowest BCUT2D eigenvalue weighted by molar-refractivity contribution is 0.0410. The molecule has 0 spiro atoms. The second-order valence-electron chi connectivity index (χ2n) is 3.24. The van der Waals surface area contributed by atoms with Crippen LogP contribution in [0.2, 0.25) is 0 Å². The van der Waals surface area contributed by atoms with E-state index in [1.807, 2.05) is 0 Å². The van der Waals surface area contributed by atoms with E-state index in [1.54, 1.807) is 0 Å². The maximum Gasteiger partial charge on any atom is 0.0672 e. The first-order chi connectivity index (χ1) is 5.81. The molecule has 1 fully saturated rings. The van der Waals surface area contributed by atoms with Crippen LogP contribution in [0.15, 0.2) is 0 Å². The van der Waals surface area contributed by atoms with Crippen molar-refractivity contribution in [3.05, 3.63) is 0 Å². The maximum atomic E-state index is 5.22. The van der Waals surface area contributed by atoms with Gasteiger partial charge in [-0.05, 0) is 6.92 Å². The second kappa shape index (κ2) is 9.01. The molecule has 1 N–H and O–H groups in total. The summed E-state index contributed by atoms with van der Waals surface area (Å²) in [5.41, 5.74) is 0. The monoisotopic (exact) mass is 173 g/mol. The zero-order chi connectivity index (χ0) is 9.23. The molecule has 0 bridgehead atoms. The molecule has 0 aromatic rings. The molecule has 1 aliphatic heterocycles. The van der Waals surface area contributed by atoms with Gasteiger partial charge in [-0.2, -0.15) is 0 Å². The predicted octanol–water partition coefficient (Wildman–Crippen LogP) is 2.19. The fourth-order valence-electron chi connectivity index (χ4n) is 1.05. The number of morpholine rings is 1. The molecule has 1 atom stereocenters. The minimum absolute atomic E-state index is 0.425. The molecule has 1 rings (SSSR count). The summed E-state index contributed by atoms with van der Waals surface area (Å²) < 4.78 is 5.22. The summed E-state index contributed by atoms with van der Waals surface area (Å²) in [5.74, 6) is 0. The molecule has 0 saturated carbocycles. The van der Waals surface area contributed by atoms with E-state index in [-0.39, 0.29) is 0 Å². The SMILES string of the molecule is CC1CNCCO1.CCCCC.